The summed E-state index contributed by atoms with van der Waals surface area (Å²) in [6, 6.07) is 7.82. The first kappa shape index (κ1) is 20.8. The highest BCUT2D eigenvalue weighted by atomic mass is 19.1. The van der Waals surface area contributed by atoms with Gasteiger partial charge < -0.3 is 19.7 Å². The third-order valence-corrected chi connectivity index (χ3v) is 6.61. The summed E-state index contributed by atoms with van der Waals surface area (Å²) < 4.78 is 38.8. The van der Waals surface area contributed by atoms with Crippen molar-refractivity contribution in [1.82, 2.24) is 4.98 Å². The van der Waals surface area contributed by atoms with E-state index in [4.69, 9.17) is 14.5 Å². The lowest BCUT2D eigenvalue weighted by molar-refractivity contribution is 0.356. The molecule has 32 heavy (non-hydrogen) atoms. The van der Waals surface area contributed by atoms with Gasteiger partial charge in [0.2, 0.25) is 0 Å². The highest BCUT2D eigenvalue weighted by molar-refractivity contribution is 5.96. The number of fused-ring (bicyclic) bond motifs is 2. The van der Waals surface area contributed by atoms with E-state index < -0.39 is 5.82 Å². The van der Waals surface area contributed by atoms with Gasteiger partial charge in [-0.25, -0.2) is 8.78 Å². The van der Waals surface area contributed by atoms with Crippen LogP contribution in [0.2, 0.25) is 0 Å². The van der Waals surface area contributed by atoms with E-state index in [2.05, 4.69) is 5.32 Å². The number of rotatable bonds is 5. The van der Waals surface area contributed by atoms with E-state index in [0.29, 0.717) is 30.3 Å². The van der Waals surface area contributed by atoms with Crippen LogP contribution in [0.4, 0.5) is 20.2 Å². The van der Waals surface area contributed by atoms with Crippen molar-refractivity contribution in [2.24, 2.45) is 0 Å². The molecule has 1 N–H and O–H groups in total. The number of methoxy groups -OCH3 is 2. The topological polar surface area (TPSA) is 46.6 Å². The molecule has 1 fully saturated rings. The third kappa shape index (κ3) is 3.70. The Balaban J connectivity index is 1.42. The van der Waals surface area contributed by atoms with Crippen LogP contribution in [0.3, 0.4) is 0 Å². The Hall–Kier alpha value is -3.09. The van der Waals surface area contributed by atoms with Crippen LogP contribution in [-0.2, 0) is 12.8 Å². The summed E-state index contributed by atoms with van der Waals surface area (Å²) in [6.07, 6.45) is 4.75. The van der Waals surface area contributed by atoms with Gasteiger partial charge in [0, 0.05) is 48.0 Å². The highest BCUT2D eigenvalue weighted by Gasteiger charge is 2.26. The molecule has 5 nitrogen and oxygen atoms in total. The number of nitrogens with one attached hydrogen (secondary N) is 1. The van der Waals surface area contributed by atoms with Gasteiger partial charge in [-0.2, -0.15) is 0 Å². The van der Waals surface area contributed by atoms with Crippen LogP contribution in [0, 0.1) is 11.6 Å². The maximum Gasteiger partial charge on any atom is 0.162 e. The Morgan fingerprint density at radius 2 is 1.75 bits per heavy atom. The van der Waals surface area contributed by atoms with Crippen LogP contribution in [0.1, 0.15) is 30.5 Å². The lowest BCUT2D eigenvalue weighted by Gasteiger charge is -2.35. The Morgan fingerprint density at radius 3 is 2.50 bits per heavy atom. The zero-order valence-electron chi connectivity index (χ0n) is 18.4. The molecule has 2 aromatic carbocycles. The number of pyridine rings is 1. The van der Waals surface area contributed by atoms with Gasteiger partial charge in [-0.3, -0.25) is 4.98 Å². The Morgan fingerprint density at radius 1 is 1.00 bits per heavy atom. The fraction of sp³-hybridized carbons (Fsp3) is 0.400. The maximum absolute atomic E-state index is 14.2. The first-order valence-corrected chi connectivity index (χ1v) is 11.1. The van der Waals surface area contributed by atoms with Crippen LogP contribution >= 0.6 is 0 Å². The van der Waals surface area contributed by atoms with Crippen molar-refractivity contribution in [2.75, 3.05) is 37.5 Å². The zero-order valence-corrected chi connectivity index (χ0v) is 18.4. The van der Waals surface area contributed by atoms with Crippen molar-refractivity contribution in [1.29, 1.82) is 0 Å². The van der Waals surface area contributed by atoms with E-state index in [9.17, 15) is 8.78 Å². The van der Waals surface area contributed by atoms with Gasteiger partial charge in [-0.15, -0.1) is 0 Å². The number of hydrogen-bond donors (Lipinski definition) is 1. The molecule has 0 saturated carbocycles. The van der Waals surface area contributed by atoms with Gasteiger partial charge in [0.05, 0.1) is 25.4 Å². The molecule has 2 heterocycles. The third-order valence-electron chi connectivity index (χ3n) is 6.61. The van der Waals surface area contributed by atoms with E-state index in [0.717, 1.165) is 60.5 Å². The Bertz CT molecular complexity index is 1160. The summed E-state index contributed by atoms with van der Waals surface area (Å²) in [5, 5.41) is 4.81. The van der Waals surface area contributed by atoms with E-state index in [1.165, 1.54) is 17.7 Å². The minimum Gasteiger partial charge on any atom is -0.493 e. The van der Waals surface area contributed by atoms with Gasteiger partial charge in [0.25, 0.3) is 0 Å². The summed E-state index contributed by atoms with van der Waals surface area (Å²) in [5.74, 6) is 0.558. The van der Waals surface area contributed by atoms with Crippen molar-refractivity contribution < 1.29 is 18.3 Å². The second kappa shape index (κ2) is 8.45. The average Bonchev–Trinajstić information content (AvgIpc) is 3.28. The molecule has 0 bridgehead atoms. The molecule has 0 atom stereocenters. The number of benzene rings is 2. The zero-order chi connectivity index (χ0) is 22.2. The number of ether oxygens (including phenoxy) is 2. The van der Waals surface area contributed by atoms with E-state index in [-0.39, 0.29) is 11.9 Å². The van der Waals surface area contributed by atoms with E-state index >= 15 is 0 Å². The van der Waals surface area contributed by atoms with Gasteiger partial charge in [0.15, 0.2) is 11.5 Å². The lowest BCUT2D eigenvalue weighted by Crippen LogP contribution is -2.39. The molecule has 0 amide bonds. The van der Waals surface area contributed by atoms with Gasteiger partial charge in [0.1, 0.15) is 11.6 Å². The first-order chi connectivity index (χ1) is 15.6. The summed E-state index contributed by atoms with van der Waals surface area (Å²) >= 11 is 0. The maximum atomic E-state index is 14.2. The number of hydrogen-bond acceptors (Lipinski definition) is 5. The second-order valence-corrected chi connectivity index (χ2v) is 8.49. The first-order valence-electron chi connectivity index (χ1n) is 11.1. The molecule has 0 spiro atoms. The number of anilines is 2. The molecule has 1 aromatic heterocycles. The SMILES string of the molecule is COc1cc2nc3c(c(NC4CCN(c5cc(F)ccc5F)CC4)c2cc1OC)CCC3. The molecule has 168 valence electrons. The molecule has 3 aromatic rings. The highest BCUT2D eigenvalue weighted by Crippen LogP contribution is 2.40. The minimum atomic E-state index is -0.412. The molecular formula is C25H27F2N3O2. The summed E-state index contributed by atoms with van der Waals surface area (Å²) in [5.41, 5.74) is 4.79. The van der Waals surface area contributed by atoms with Crippen molar-refractivity contribution in [2.45, 2.75) is 38.1 Å². The standard InChI is InChI=1S/C25H27F2N3O2/c1-31-23-13-18-21(14-24(23)32-2)29-20-5-3-4-17(20)25(18)28-16-8-10-30(11-9-16)22-12-15(26)6-7-19(22)27/h6-7,12-14,16H,3-5,8-11H2,1-2H3,(H,28,29). The van der Waals surface area contributed by atoms with Crippen molar-refractivity contribution in [3.8, 4) is 11.5 Å². The van der Waals surface area contributed by atoms with Crippen molar-refractivity contribution >= 4 is 22.3 Å². The number of nitrogens with zero attached hydrogens (tertiary/aromatic N) is 2. The predicted octanol–water partition coefficient (Wildman–Crippen LogP) is 5.10. The van der Waals surface area contributed by atoms with E-state index in [1.807, 2.05) is 17.0 Å². The predicted molar refractivity (Wildman–Crippen MR) is 122 cm³/mol. The normalized spacial score (nSPS) is 16.3. The van der Waals surface area contributed by atoms with Gasteiger partial charge in [-0.1, -0.05) is 0 Å². The van der Waals surface area contributed by atoms with E-state index in [1.54, 1.807) is 14.2 Å². The molecule has 1 aliphatic carbocycles. The summed E-state index contributed by atoms with van der Waals surface area (Å²) in [6.45, 7) is 1.33. The monoisotopic (exact) mass is 439 g/mol. The fourth-order valence-corrected chi connectivity index (χ4v) is 4.95. The van der Waals surface area contributed by atoms with Crippen LogP contribution < -0.4 is 19.7 Å². The van der Waals surface area contributed by atoms with Crippen LogP contribution in [0.25, 0.3) is 10.9 Å². The molecule has 0 radical (unpaired) electrons. The van der Waals surface area contributed by atoms with Crippen LogP contribution in [0.5, 0.6) is 11.5 Å². The molecule has 2 aliphatic rings. The van der Waals surface area contributed by atoms with Crippen LogP contribution in [0.15, 0.2) is 30.3 Å². The van der Waals surface area contributed by atoms with Gasteiger partial charge in [-0.05, 0) is 55.9 Å². The van der Waals surface area contributed by atoms with Crippen molar-refractivity contribution in [3.05, 3.63) is 53.2 Å². The molecule has 0 unspecified atom stereocenters. The number of aryl methyl sites for hydroxylation is 1. The lowest BCUT2D eigenvalue weighted by atomic mass is 10.0. The molecule has 5 rings (SSSR count). The quantitative estimate of drug-likeness (QED) is 0.599. The number of aromatic nitrogens is 1. The molecular weight excluding hydrogens is 412 g/mol. The Kier molecular flexibility index (Phi) is 5.49. The molecule has 1 aliphatic heterocycles. The summed E-state index contributed by atoms with van der Waals surface area (Å²) in [4.78, 5) is 6.83. The number of halogens is 2. The molecule has 7 heteroatoms. The summed E-state index contributed by atoms with van der Waals surface area (Å²) in [7, 11) is 3.27. The minimum absolute atomic E-state index is 0.242. The number of piperidine rings is 1. The van der Waals surface area contributed by atoms with Gasteiger partial charge >= 0.3 is 0 Å². The average molecular weight is 440 g/mol. The fourth-order valence-electron chi connectivity index (χ4n) is 4.95. The largest absolute Gasteiger partial charge is 0.493 e. The smallest absolute Gasteiger partial charge is 0.162 e. The van der Waals surface area contributed by atoms with Crippen LogP contribution in [-0.4, -0.2) is 38.3 Å². The molecule has 1 saturated heterocycles. The van der Waals surface area contributed by atoms with Crippen molar-refractivity contribution in [3.63, 3.8) is 0 Å². The second-order valence-electron chi connectivity index (χ2n) is 8.49. The Labute approximate surface area is 186 Å².